The van der Waals surface area contributed by atoms with E-state index in [1.54, 1.807) is 38.3 Å². The molecule has 2 aromatic carbocycles. The van der Waals surface area contributed by atoms with Crippen molar-refractivity contribution < 1.29 is 22.7 Å². The number of carbonyl (C=O) groups excluding carboxylic acids is 1. The molecule has 0 spiro atoms. The van der Waals surface area contributed by atoms with Crippen LogP contribution in [-0.4, -0.2) is 39.8 Å². The summed E-state index contributed by atoms with van der Waals surface area (Å²) in [7, 11) is -1.94. The van der Waals surface area contributed by atoms with Gasteiger partial charge in [-0.3, -0.25) is 9.10 Å². The van der Waals surface area contributed by atoms with Gasteiger partial charge in [-0.05, 0) is 43.7 Å². The fraction of sp³-hybridized carbons (Fsp3) is 0.350. The van der Waals surface area contributed by atoms with Gasteiger partial charge in [0.1, 0.15) is 11.5 Å². The smallest absolute Gasteiger partial charge is 0.263 e. The van der Waals surface area contributed by atoms with Crippen LogP contribution < -0.4 is 19.1 Å². The summed E-state index contributed by atoms with van der Waals surface area (Å²) < 4.78 is 37.2. The molecular weight excluding hydrogens is 380 g/mol. The Balaban J connectivity index is 1.78. The van der Waals surface area contributed by atoms with Crippen molar-refractivity contribution in [2.75, 3.05) is 23.7 Å². The second kappa shape index (κ2) is 8.10. The zero-order valence-corrected chi connectivity index (χ0v) is 16.9. The van der Waals surface area contributed by atoms with Crippen molar-refractivity contribution >= 4 is 21.6 Å². The third-order valence-electron chi connectivity index (χ3n) is 4.70. The molecule has 1 N–H and O–H groups in total. The van der Waals surface area contributed by atoms with E-state index in [4.69, 9.17) is 9.47 Å². The largest absolute Gasteiger partial charge is 0.497 e. The number of amides is 1. The normalized spacial score (nSPS) is 17.2. The van der Waals surface area contributed by atoms with E-state index in [9.17, 15) is 13.2 Å². The van der Waals surface area contributed by atoms with Crippen LogP contribution in [0.2, 0.25) is 0 Å². The summed E-state index contributed by atoms with van der Waals surface area (Å²) in [6.07, 6.45) is -0.933. The summed E-state index contributed by atoms with van der Waals surface area (Å²) in [5, 5.41) is 2.90. The molecule has 1 aliphatic rings. The van der Waals surface area contributed by atoms with Crippen LogP contribution in [0.25, 0.3) is 0 Å². The molecular formula is C20H24N2O5S. The van der Waals surface area contributed by atoms with Crippen LogP contribution in [0.4, 0.5) is 5.69 Å². The highest BCUT2D eigenvalue weighted by molar-refractivity contribution is 7.92. The van der Waals surface area contributed by atoms with Gasteiger partial charge >= 0.3 is 0 Å². The van der Waals surface area contributed by atoms with Gasteiger partial charge in [0, 0.05) is 0 Å². The van der Waals surface area contributed by atoms with Crippen LogP contribution in [-0.2, 0) is 14.8 Å². The van der Waals surface area contributed by atoms with E-state index in [1.807, 2.05) is 31.2 Å². The quantitative estimate of drug-likeness (QED) is 0.800. The van der Waals surface area contributed by atoms with E-state index in [1.165, 1.54) is 4.31 Å². The fourth-order valence-electron chi connectivity index (χ4n) is 3.04. The maximum atomic E-state index is 12.8. The Morgan fingerprint density at radius 2 is 1.93 bits per heavy atom. The number of nitrogens with one attached hydrogen (secondary N) is 1. The van der Waals surface area contributed by atoms with Gasteiger partial charge in [0.2, 0.25) is 10.0 Å². The minimum Gasteiger partial charge on any atom is -0.497 e. The Morgan fingerprint density at radius 1 is 1.25 bits per heavy atom. The number of para-hydroxylation sites is 2. The molecule has 0 fully saturated rings. The SMILES string of the molecule is CCS(=O)(=O)N1CC(C(=O)NC(C)c2ccc(OC)cc2)Oc2ccccc21. The van der Waals surface area contributed by atoms with Crippen LogP contribution in [0, 0.1) is 0 Å². The van der Waals surface area contributed by atoms with E-state index in [0.29, 0.717) is 11.4 Å². The predicted octanol–water partition coefficient (Wildman–Crippen LogP) is 2.49. The minimum absolute atomic E-state index is 0.0576. The van der Waals surface area contributed by atoms with Crippen LogP contribution in [0.5, 0.6) is 11.5 Å². The average molecular weight is 404 g/mol. The zero-order chi connectivity index (χ0) is 20.3. The van der Waals surface area contributed by atoms with E-state index in [-0.39, 0.29) is 24.2 Å². The lowest BCUT2D eigenvalue weighted by Gasteiger charge is -2.35. The lowest BCUT2D eigenvalue weighted by molar-refractivity contribution is -0.128. The summed E-state index contributed by atoms with van der Waals surface area (Å²) >= 11 is 0. The number of carbonyl (C=O) groups is 1. The third kappa shape index (κ3) is 4.06. The summed E-state index contributed by atoms with van der Waals surface area (Å²) in [6, 6.07) is 13.9. The van der Waals surface area contributed by atoms with Gasteiger partial charge in [-0.2, -0.15) is 0 Å². The number of hydrogen-bond acceptors (Lipinski definition) is 5. The number of rotatable bonds is 6. The van der Waals surface area contributed by atoms with Crippen molar-refractivity contribution in [3.63, 3.8) is 0 Å². The molecule has 1 aliphatic heterocycles. The second-order valence-electron chi connectivity index (χ2n) is 6.51. The molecule has 150 valence electrons. The first-order valence-electron chi connectivity index (χ1n) is 9.06. The predicted molar refractivity (Wildman–Crippen MR) is 107 cm³/mol. The molecule has 0 aromatic heterocycles. The Morgan fingerprint density at radius 3 is 2.57 bits per heavy atom. The van der Waals surface area contributed by atoms with Gasteiger partial charge in [-0.15, -0.1) is 0 Å². The lowest BCUT2D eigenvalue weighted by Crippen LogP contribution is -2.51. The number of hydrogen-bond donors (Lipinski definition) is 1. The van der Waals surface area contributed by atoms with Gasteiger partial charge in [-0.25, -0.2) is 8.42 Å². The van der Waals surface area contributed by atoms with Crippen LogP contribution in [0.3, 0.4) is 0 Å². The van der Waals surface area contributed by atoms with Gasteiger partial charge in [0.15, 0.2) is 6.10 Å². The maximum Gasteiger partial charge on any atom is 0.263 e. The first-order chi connectivity index (χ1) is 13.4. The van der Waals surface area contributed by atoms with Crippen molar-refractivity contribution in [2.45, 2.75) is 26.0 Å². The molecule has 1 heterocycles. The number of fused-ring (bicyclic) bond motifs is 1. The summed E-state index contributed by atoms with van der Waals surface area (Å²) in [6.45, 7) is 3.37. The van der Waals surface area contributed by atoms with Crippen molar-refractivity contribution in [1.29, 1.82) is 0 Å². The van der Waals surface area contributed by atoms with Gasteiger partial charge in [0.05, 0.1) is 31.1 Å². The molecule has 3 rings (SSSR count). The van der Waals surface area contributed by atoms with Gasteiger partial charge in [0.25, 0.3) is 5.91 Å². The number of ether oxygens (including phenoxy) is 2. The molecule has 0 saturated carbocycles. The second-order valence-corrected chi connectivity index (χ2v) is 8.69. The highest BCUT2D eigenvalue weighted by Crippen LogP contribution is 2.35. The van der Waals surface area contributed by atoms with Crippen LogP contribution >= 0.6 is 0 Å². The molecule has 0 saturated heterocycles. The summed E-state index contributed by atoms with van der Waals surface area (Å²) in [5.74, 6) is 0.685. The number of sulfonamides is 1. The van der Waals surface area contributed by atoms with E-state index < -0.39 is 16.1 Å². The summed E-state index contributed by atoms with van der Waals surface area (Å²) in [4.78, 5) is 12.8. The maximum absolute atomic E-state index is 12.8. The first kappa shape index (κ1) is 20.0. The van der Waals surface area contributed by atoms with E-state index in [2.05, 4.69) is 5.32 Å². The molecule has 28 heavy (non-hydrogen) atoms. The van der Waals surface area contributed by atoms with Crippen molar-refractivity contribution in [2.24, 2.45) is 0 Å². The Hall–Kier alpha value is -2.74. The van der Waals surface area contributed by atoms with E-state index in [0.717, 1.165) is 11.3 Å². The first-order valence-corrected chi connectivity index (χ1v) is 10.7. The lowest BCUT2D eigenvalue weighted by atomic mass is 10.1. The fourth-order valence-corrected chi connectivity index (χ4v) is 4.16. The van der Waals surface area contributed by atoms with Gasteiger partial charge in [-0.1, -0.05) is 24.3 Å². The molecule has 0 bridgehead atoms. The van der Waals surface area contributed by atoms with Gasteiger partial charge < -0.3 is 14.8 Å². The Kier molecular flexibility index (Phi) is 5.79. The van der Waals surface area contributed by atoms with Crippen molar-refractivity contribution in [3.05, 3.63) is 54.1 Å². The van der Waals surface area contributed by atoms with Crippen LogP contribution in [0.1, 0.15) is 25.5 Å². The van der Waals surface area contributed by atoms with E-state index >= 15 is 0 Å². The minimum atomic E-state index is -3.53. The highest BCUT2D eigenvalue weighted by Gasteiger charge is 2.36. The Bertz CT molecular complexity index is 943. The Labute approximate surface area is 165 Å². The zero-order valence-electron chi connectivity index (χ0n) is 16.1. The molecule has 7 nitrogen and oxygen atoms in total. The molecule has 2 aromatic rings. The molecule has 0 radical (unpaired) electrons. The molecule has 8 heteroatoms. The van der Waals surface area contributed by atoms with Crippen LogP contribution in [0.15, 0.2) is 48.5 Å². The molecule has 0 aliphatic carbocycles. The molecule has 1 amide bonds. The number of nitrogens with zero attached hydrogens (tertiary/aromatic N) is 1. The standard InChI is InChI=1S/C20H24N2O5S/c1-4-28(24,25)22-13-19(27-18-8-6-5-7-17(18)22)20(23)21-14(2)15-9-11-16(26-3)12-10-15/h5-12,14,19H,4,13H2,1-3H3,(H,21,23). The topological polar surface area (TPSA) is 84.9 Å². The molecule has 2 atom stereocenters. The number of anilines is 1. The highest BCUT2D eigenvalue weighted by atomic mass is 32.2. The number of methoxy groups -OCH3 is 1. The number of benzene rings is 2. The van der Waals surface area contributed by atoms with Crippen molar-refractivity contribution in [1.82, 2.24) is 5.32 Å². The molecule has 2 unspecified atom stereocenters. The third-order valence-corrected chi connectivity index (χ3v) is 6.45. The average Bonchev–Trinajstić information content (AvgIpc) is 2.72. The van der Waals surface area contributed by atoms with Crippen molar-refractivity contribution in [3.8, 4) is 11.5 Å². The summed E-state index contributed by atoms with van der Waals surface area (Å²) in [5.41, 5.74) is 1.36. The monoisotopic (exact) mass is 404 g/mol.